The summed E-state index contributed by atoms with van der Waals surface area (Å²) in [5.41, 5.74) is 1.04. The first-order valence-electron chi connectivity index (χ1n) is 6.11. The van der Waals surface area contributed by atoms with Gasteiger partial charge in [-0.1, -0.05) is 0 Å². The molecule has 0 bridgehead atoms. The highest BCUT2D eigenvalue weighted by atomic mass is 35.5. The minimum absolute atomic E-state index is 0.140. The van der Waals surface area contributed by atoms with Crippen LogP contribution in [0.25, 0.3) is 0 Å². The SMILES string of the molecule is O[C@@H]1CCCC1Oc1nc(Cl)ncc1C1CC1. The number of ether oxygens (including phenoxy) is 1. The van der Waals surface area contributed by atoms with Crippen molar-refractivity contribution < 1.29 is 9.84 Å². The highest BCUT2D eigenvalue weighted by Gasteiger charge is 2.32. The molecular weight excluding hydrogens is 240 g/mol. The van der Waals surface area contributed by atoms with Crippen molar-refractivity contribution in [1.29, 1.82) is 0 Å². The Labute approximate surface area is 105 Å². The quantitative estimate of drug-likeness (QED) is 0.841. The van der Waals surface area contributed by atoms with Crippen LogP contribution in [0.3, 0.4) is 0 Å². The summed E-state index contributed by atoms with van der Waals surface area (Å²) in [4.78, 5) is 8.16. The van der Waals surface area contributed by atoms with Gasteiger partial charge in [0.05, 0.1) is 6.10 Å². The molecule has 2 atom stereocenters. The fraction of sp³-hybridized carbons (Fsp3) is 0.667. The van der Waals surface area contributed by atoms with Gasteiger partial charge in [0.15, 0.2) is 0 Å². The van der Waals surface area contributed by atoms with Crippen molar-refractivity contribution in [3.63, 3.8) is 0 Å². The Morgan fingerprint density at radius 1 is 1.29 bits per heavy atom. The van der Waals surface area contributed by atoms with Crippen LogP contribution in [-0.4, -0.2) is 27.3 Å². The fourth-order valence-electron chi connectivity index (χ4n) is 2.31. The number of hydrogen-bond donors (Lipinski definition) is 1. The smallest absolute Gasteiger partial charge is 0.225 e. The maximum Gasteiger partial charge on any atom is 0.225 e. The molecule has 3 rings (SSSR count). The summed E-state index contributed by atoms with van der Waals surface area (Å²) in [5, 5.41) is 9.97. The molecule has 2 saturated carbocycles. The number of hydrogen-bond acceptors (Lipinski definition) is 4. The van der Waals surface area contributed by atoms with Gasteiger partial charge in [0.1, 0.15) is 6.10 Å². The van der Waals surface area contributed by atoms with E-state index in [-0.39, 0.29) is 17.5 Å². The average molecular weight is 255 g/mol. The van der Waals surface area contributed by atoms with E-state index in [0.29, 0.717) is 11.8 Å². The van der Waals surface area contributed by atoms with Crippen LogP contribution in [0.5, 0.6) is 5.88 Å². The van der Waals surface area contributed by atoms with Gasteiger partial charge in [0, 0.05) is 11.8 Å². The van der Waals surface area contributed by atoms with Crippen LogP contribution >= 0.6 is 11.6 Å². The Morgan fingerprint density at radius 3 is 2.76 bits per heavy atom. The van der Waals surface area contributed by atoms with Crippen molar-refractivity contribution >= 4 is 11.6 Å². The maximum absolute atomic E-state index is 9.76. The zero-order chi connectivity index (χ0) is 11.8. The average Bonchev–Trinajstić information content (AvgIpc) is 3.05. The Balaban J connectivity index is 1.82. The molecule has 2 aliphatic carbocycles. The monoisotopic (exact) mass is 254 g/mol. The molecule has 0 saturated heterocycles. The molecule has 17 heavy (non-hydrogen) atoms. The summed E-state index contributed by atoms with van der Waals surface area (Å²) in [6.07, 6.45) is 6.25. The van der Waals surface area contributed by atoms with Gasteiger partial charge in [-0.2, -0.15) is 4.98 Å². The van der Waals surface area contributed by atoms with E-state index in [1.54, 1.807) is 6.20 Å². The molecule has 0 amide bonds. The van der Waals surface area contributed by atoms with Crippen molar-refractivity contribution in [2.45, 2.75) is 50.2 Å². The minimum atomic E-state index is -0.379. The van der Waals surface area contributed by atoms with E-state index in [1.165, 1.54) is 0 Å². The lowest BCUT2D eigenvalue weighted by Gasteiger charge is -2.18. The van der Waals surface area contributed by atoms with Crippen LogP contribution in [0.15, 0.2) is 6.20 Å². The molecule has 0 aliphatic heterocycles. The highest BCUT2D eigenvalue weighted by Crippen LogP contribution is 2.44. The van der Waals surface area contributed by atoms with Crippen LogP contribution in [-0.2, 0) is 0 Å². The number of aliphatic hydroxyl groups is 1. The van der Waals surface area contributed by atoms with Crippen molar-refractivity contribution in [2.75, 3.05) is 0 Å². The first-order chi connectivity index (χ1) is 8.24. The Bertz CT molecular complexity index is 423. The topological polar surface area (TPSA) is 55.2 Å². The zero-order valence-electron chi connectivity index (χ0n) is 9.47. The predicted molar refractivity (Wildman–Crippen MR) is 63.3 cm³/mol. The summed E-state index contributed by atoms with van der Waals surface area (Å²) in [6, 6.07) is 0. The van der Waals surface area contributed by atoms with Crippen molar-refractivity contribution in [3.8, 4) is 5.88 Å². The zero-order valence-corrected chi connectivity index (χ0v) is 10.2. The Morgan fingerprint density at radius 2 is 2.12 bits per heavy atom. The van der Waals surface area contributed by atoms with Crippen LogP contribution in [0, 0.1) is 0 Å². The van der Waals surface area contributed by atoms with Crippen molar-refractivity contribution in [1.82, 2.24) is 9.97 Å². The van der Waals surface area contributed by atoms with E-state index in [2.05, 4.69) is 9.97 Å². The summed E-state index contributed by atoms with van der Waals surface area (Å²) in [6.45, 7) is 0. The molecule has 0 aromatic carbocycles. The predicted octanol–water partition coefficient (Wildman–Crippen LogP) is 2.30. The summed E-state index contributed by atoms with van der Waals surface area (Å²) >= 11 is 5.80. The molecule has 4 nitrogen and oxygen atoms in total. The van der Waals surface area contributed by atoms with Gasteiger partial charge >= 0.3 is 0 Å². The van der Waals surface area contributed by atoms with Gasteiger partial charge in [0.2, 0.25) is 11.2 Å². The normalized spacial score (nSPS) is 28.4. The molecule has 2 aliphatic rings. The summed E-state index contributed by atoms with van der Waals surface area (Å²) in [5.74, 6) is 1.08. The second kappa shape index (κ2) is 4.42. The molecule has 0 radical (unpaired) electrons. The molecule has 1 heterocycles. The number of halogens is 1. The third kappa shape index (κ3) is 2.38. The van der Waals surface area contributed by atoms with Gasteiger partial charge in [-0.3, -0.25) is 0 Å². The van der Waals surface area contributed by atoms with Gasteiger partial charge in [-0.05, 0) is 49.6 Å². The van der Waals surface area contributed by atoms with Gasteiger partial charge in [-0.25, -0.2) is 4.98 Å². The molecule has 1 N–H and O–H groups in total. The molecule has 5 heteroatoms. The maximum atomic E-state index is 9.76. The van der Waals surface area contributed by atoms with Gasteiger partial charge in [0.25, 0.3) is 0 Å². The van der Waals surface area contributed by atoms with E-state index in [9.17, 15) is 5.11 Å². The Kier molecular flexibility index (Phi) is 2.92. The highest BCUT2D eigenvalue weighted by molar-refractivity contribution is 6.28. The molecule has 92 valence electrons. The first kappa shape index (κ1) is 11.2. The van der Waals surface area contributed by atoms with Crippen LogP contribution < -0.4 is 4.74 Å². The summed E-state index contributed by atoms with van der Waals surface area (Å²) < 4.78 is 5.82. The lowest BCUT2D eigenvalue weighted by atomic mass is 10.2. The number of aliphatic hydroxyl groups excluding tert-OH is 1. The molecule has 2 fully saturated rings. The molecular formula is C12H15ClN2O2. The number of nitrogens with zero attached hydrogens (tertiary/aromatic N) is 2. The third-order valence-electron chi connectivity index (χ3n) is 3.45. The van der Waals surface area contributed by atoms with Crippen molar-refractivity contribution in [3.05, 3.63) is 17.0 Å². The van der Waals surface area contributed by atoms with Crippen LogP contribution in [0.2, 0.25) is 5.28 Å². The fourth-order valence-corrected chi connectivity index (χ4v) is 2.44. The minimum Gasteiger partial charge on any atom is -0.471 e. The molecule has 0 spiro atoms. The van der Waals surface area contributed by atoms with E-state index < -0.39 is 0 Å². The van der Waals surface area contributed by atoms with Crippen molar-refractivity contribution in [2.24, 2.45) is 0 Å². The lowest BCUT2D eigenvalue weighted by Crippen LogP contribution is -2.26. The first-order valence-corrected chi connectivity index (χ1v) is 6.49. The molecule has 1 unspecified atom stereocenters. The molecule has 1 aromatic heterocycles. The lowest BCUT2D eigenvalue weighted by molar-refractivity contribution is 0.0566. The Hall–Kier alpha value is -0.870. The van der Waals surface area contributed by atoms with Gasteiger partial charge < -0.3 is 9.84 Å². The van der Waals surface area contributed by atoms with E-state index in [4.69, 9.17) is 16.3 Å². The summed E-state index contributed by atoms with van der Waals surface area (Å²) in [7, 11) is 0. The number of aromatic nitrogens is 2. The van der Waals surface area contributed by atoms with E-state index in [1.807, 2.05) is 0 Å². The van der Waals surface area contributed by atoms with E-state index >= 15 is 0 Å². The molecule has 1 aromatic rings. The second-order valence-electron chi connectivity index (χ2n) is 4.83. The number of rotatable bonds is 3. The van der Waals surface area contributed by atoms with Gasteiger partial charge in [-0.15, -0.1) is 0 Å². The largest absolute Gasteiger partial charge is 0.471 e. The standard InChI is InChI=1S/C12H15ClN2O2/c13-12-14-6-8(7-4-5-7)11(15-12)17-10-3-1-2-9(10)16/h6-7,9-10,16H,1-5H2/t9-,10?/m1/s1. The second-order valence-corrected chi connectivity index (χ2v) is 5.17. The van der Waals surface area contributed by atoms with Crippen LogP contribution in [0.4, 0.5) is 0 Å². The van der Waals surface area contributed by atoms with E-state index in [0.717, 1.165) is 37.7 Å². The third-order valence-corrected chi connectivity index (χ3v) is 3.63. The van der Waals surface area contributed by atoms with Crippen LogP contribution in [0.1, 0.15) is 43.6 Å².